The summed E-state index contributed by atoms with van der Waals surface area (Å²) in [4.78, 5) is 20.9. The average molecular weight is 252 g/mol. The number of anilines is 1. The molecule has 0 atom stereocenters. The summed E-state index contributed by atoms with van der Waals surface area (Å²) in [6.45, 7) is 12.2. The maximum atomic E-state index is 11.5. The molecule has 0 spiro atoms. The molecule has 1 aromatic rings. The van der Waals surface area contributed by atoms with Crippen LogP contribution < -0.4 is 10.9 Å². The van der Waals surface area contributed by atoms with Crippen LogP contribution in [-0.2, 0) is 0 Å². The molecule has 0 aromatic carbocycles. The fourth-order valence-electron chi connectivity index (χ4n) is 1.72. The minimum absolute atomic E-state index is 0.0981. The first-order valence-electron chi connectivity index (χ1n) is 6.64. The van der Waals surface area contributed by atoms with Gasteiger partial charge in [0.15, 0.2) is 0 Å². The van der Waals surface area contributed by atoms with Gasteiger partial charge in [-0.3, -0.25) is 4.79 Å². The predicted molar refractivity (Wildman–Crippen MR) is 75.2 cm³/mol. The van der Waals surface area contributed by atoms with Crippen LogP contribution in [0.2, 0.25) is 0 Å². The number of nitrogens with one attached hydrogen (secondary N) is 2. The number of aromatic amines is 1. The number of aromatic nitrogens is 2. The van der Waals surface area contributed by atoms with Crippen LogP contribution in [0.1, 0.15) is 39.4 Å². The van der Waals surface area contributed by atoms with Crippen LogP contribution >= 0.6 is 0 Å². The lowest BCUT2D eigenvalue weighted by Crippen LogP contribution is -2.29. The molecule has 1 aromatic heterocycles. The molecule has 1 heterocycles. The molecule has 0 aliphatic carbocycles. The SMILES string of the molecule is CCN(CC)CCNc1cc(=O)[nH]c(C(C)C)n1. The summed E-state index contributed by atoms with van der Waals surface area (Å²) >= 11 is 0. The first-order chi connectivity index (χ1) is 8.56. The standard InChI is InChI=1S/C13H24N4O/c1-5-17(6-2)8-7-14-11-9-12(18)16-13(15-11)10(3)4/h9-10H,5-8H2,1-4H3,(H2,14,15,16,18). The highest BCUT2D eigenvalue weighted by atomic mass is 16.1. The molecular weight excluding hydrogens is 228 g/mol. The monoisotopic (exact) mass is 252 g/mol. The van der Waals surface area contributed by atoms with Crippen molar-refractivity contribution in [3.63, 3.8) is 0 Å². The summed E-state index contributed by atoms with van der Waals surface area (Å²) in [5, 5.41) is 3.21. The Morgan fingerprint density at radius 3 is 2.61 bits per heavy atom. The lowest BCUT2D eigenvalue weighted by molar-refractivity contribution is 0.316. The Bertz CT molecular complexity index is 410. The maximum Gasteiger partial charge on any atom is 0.252 e. The number of H-pyrrole nitrogens is 1. The zero-order chi connectivity index (χ0) is 13.5. The van der Waals surface area contributed by atoms with E-state index in [1.54, 1.807) is 0 Å². The van der Waals surface area contributed by atoms with Crippen molar-refractivity contribution in [1.82, 2.24) is 14.9 Å². The van der Waals surface area contributed by atoms with Gasteiger partial charge in [-0.1, -0.05) is 27.7 Å². The molecule has 0 radical (unpaired) electrons. The first-order valence-corrected chi connectivity index (χ1v) is 6.64. The highest BCUT2D eigenvalue weighted by Crippen LogP contribution is 2.08. The zero-order valence-corrected chi connectivity index (χ0v) is 11.8. The molecular formula is C13H24N4O. The van der Waals surface area contributed by atoms with Crippen LogP contribution in [0.25, 0.3) is 0 Å². The molecule has 5 nitrogen and oxygen atoms in total. The van der Waals surface area contributed by atoms with E-state index in [1.807, 2.05) is 13.8 Å². The molecule has 18 heavy (non-hydrogen) atoms. The second-order valence-electron chi connectivity index (χ2n) is 4.62. The summed E-state index contributed by atoms with van der Waals surface area (Å²) in [5.41, 5.74) is -0.0981. The van der Waals surface area contributed by atoms with Gasteiger partial charge in [-0.2, -0.15) is 0 Å². The van der Waals surface area contributed by atoms with E-state index in [2.05, 4.69) is 34.0 Å². The van der Waals surface area contributed by atoms with Gasteiger partial charge in [-0.05, 0) is 13.1 Å². The molecule has 1 rings (SSSR count). The number of hydrogen-bond acceptors (Lipinski definition) is 4. The molecule has 0 aliphatic heterocycles. The molecule has 0 saturated heterocycles. The van der Waals surface area contributed by atoms with E-state index in [9.17, 15) is 4.79 Å². The van der Waals surface area contributed by atoms with Gasteiger partial charge in [0.05, 0.1) is 0 Å². The maximum absolute atomic E-state index is 11.5. The molecule has 5 heteroatoms. The Hall–Kier alpha value is -1.36. The normalized spacial score (nSPS) is 11.2. The van der Waals surface area contributed by atoms with Crippen molar-refractivity contribution >= 4 is 5.82 Å². The van der Waals surface area contributed by atoms with Crippen molar-refractivity contribution in [3.8, 4) is 0 Å². The third-order valence-corrected chi connectivity index (χ3v) is 2.94. The Labute approximate surface area is 109 Å². The van der Waals surface area contributed by atoms with Gasteiger partial charge in [0.25, 0.3) is 5.56 Å². The number of hydrogen-bond donors (Lipinski definition) is 2. The molecule has 102 valence electrons. The summed E-state index contributed by atoms with van der Waals surface area (Å²) < 4.78 is 0. The molecule has 0 aliphatic rings. The highest BCUT2D eigenvalue weighted by molar-refractivity contribution is 5.33. The lowest BCUT2D eigenvalue weighted by Gasteiger charge is -2.18. The van der Waals surface area contributed by atoms with E-state index in [-0.39, 0.29) is 11.5 Å². The number of rotatable bonds is 7. The molecule has 0 amide bonds. The third kappa shape index (κ3) is 4.49. The van der Waals surface area contributed by atoms with Crippen molar-refractivity contribution in [3.05, 3.63) is 22.2 Å². The van der Waals surface area contributed by atoms with E-state index in [1.165, 1.54) is 6.07 Å². The van der Waals surface area contributed by atoms with Crippen LogP contribution in [0, 0.1) is 0 Å². The first kappa shape index (κ1) is 14.7. The zero-order valence-electron chi connectivity index (χ0n) is 11.8. The fraction of sp³-hybridized carbons (Fsp3) is 0.692. The topological polar surface area (TPSA) is 61.0 Å². The molecule has 0 fully saturated rings. The number of likely N-dealkylation sites (N-methyl/N-ethyl adjacent to an activating group) is 1. The van der Waals surface area contributed by atoms with Crippen molar-refractivity contribution in [1.29, 1.82) is 0 Å². The summed E-state index contributed by atoms with van der Waals surface area (Å²) in [5.74, 6) is 1.62. The molecule has 0 saturated carbocycles. The average Bonchev–Trinajstić information content (AvgIpc) is 2.34. The second-order valence-corrected chi connectivity index (χ2v) is 4.62. The second kappa shape index (κ2) is 7.16. The van der Waals surface area contributed by atoms with E-state index >= 15 is 0 Å². The van der Waals surface area contributed by atoms with Gasteiger partial charge in [0.2, 0.25) is 0 Å². The smallest absolute Gasteiger partial charge is 0.252 e. The summed E-state index contributed by atoms with van der Waals surface area (Å²) in [7, 11) is 0. The Morgan fingerprint density at radius 2 is 2.06 bits per heavy atom. The van der Waals surface area contributed by atoms with Crippen LogP contribution in [-0.4, -0.2) is 41.0 Å². The van der Waals surface area contributed by atoms with Crippen molar-refractivity contribution in [2.75, 3.05) is 31.5 Å². The van der Waals surface area contributed by atoms with Gasteiger partial charge in [-0.15, -0.1) is 0 Å². The van der Waals surface area contributed by atoms with E-state index < -0.39 is 0 Å². The van der Waals surface area contributed by atoms with E-state index in [0.29, 0.717) is 5.82 Å². The molecule has 0 unspecified atom stereocenters. The van der Waals surface area contributed by atoms with Crippen molar-refractivity contribution in [2.45, 2.75) is 33.6 Å². The summed E-state index contributed by atoms with van der Waals surface area (Å²) in [6.07, 6.45) is 0. The largest absolute Gasteiger partial charge is 0.369 e. The van der Waals surface area contributed by atoms with Gasteiger partial charge in [0.1, 0.15) is 11.6 Å². The van der Waals surface area contributed by atoms with Gasteiger partial charge < -0.3 is 15.2 Å². The van der Waals surface area contributed by atoms with Gasteiger partial charge in [0, 0.05) is 25.1 Å². The van der Waals surface area contributed by atoms with E-state index in [0.717, 1.165) is 32.0 Å². The Kier molecular flexibility index (Phi) is 5.85. The predicted octanol–water partition coefficient (Wildman–Crippen LogP) is 1.65. The quantitative estimate of drug-likeness (QED) is 0.774. The summed E-state index contributed by atoms with van der Waals surface area (Å²) in [6, 6.07) is 1.51. The van der Waals surface area contributed by atoms with Crippen LogP contribution in [0.4, 0.5) is 5.82 Å². The minimum atomic E-state index is -0.0981. The van der Waals surface area contributed by atoms with Gasteiger partial charge >= 0.3 is 0 Å². The Morgan fingerprint density at radius 1 is 1.39 bits per heavy atom. The lowest BCUT2D eigenvalue weighted by atomic mass is 10.2. The van der Waals surface area contributed by atoms with Crippen LogP contribution in [0.5, 0.6) is 0 Å². The third-order valence-electron chi connectivity index (χ3n) is 2.94. The van der Waals surface area contributed by atoms with Crippen LogP contribution in [0.3, 0.4) is 0 Å². The van der Waals surface area contributed by atoms with Crippen molar-refractivity contribution in [2.24, 2.45) is 0 Å². The molecule has 2 N–H and O–H groups in total. The fourth-order valence-corrected chi connectivity index (χ4v) is 1.72. The minimum Gasteiger partial charge on any atom is -0.369 e. The van der Waals surface area contributed by atoms with Crippen LogP contribution in [0.15, 0.2) is 10.9 Å². The van der Waals surface area contributed by atoms with Gasteiger partial charge in [-0.25, -0.2) is 4.98 Å². The van der Waals surface area contributed by atoms with E-state index in [4.69, 9.17) is 0 Å². The highest BCUT2D eigenvalue weighted by Gasteiger charge is 2.05. The Balaban J connectivity index is 2.59. The number of nitrogens with zero attached hydrogens (tertiary/aromatic N) is 2. The molecule has 0 bridgehead atoms. The van der Waals surface area contributed by atoms with Crippen molar-refractivity contribution < 1.29 is 0 Å².